The van der Waals surface area contributed by atoms with E-state index in [1.807, 2.05) is 0 Å². The van der Waals surface area contributed by atoms with Crippen LogP contribution in [0.4, 0.5) is 0 Å². The first-order valence-electron chi connectivity index (χ1n) is 6.10. The summed E-state index contributed by atoms with van der Waals surface area (Å²) in [5.74, 6) is 0. The quantitative estimate of drug-likeness (QED) is 0.785. The molecule has 106 valence electrons. The second kappa shape index (κ2) is 6.44. The topological polar surface area (TPSA) is 90.7 Å². The van der Waals surface area contributed by atoms with Crippen molar-refractivity contribution in [3.05, 3.63) is 29.8 Å². The van der Waals surface area contributed by atoms with Gasteiger partial charge in [-0.25, -0.2) is 13.1 Å². The summed E-state index contributed by atoms with van der Waals surface area (Å²) in [6.07, 6.45) is -0.230. The maximum atomic E-state index is 12.0. The van der Waals surface area contributed by atoms with Gasteiger partial charge in [-0.1, -0.05) is 12.1 Å². The van der Waals surface area contributed by atoms with Crippen molar-refractivity contribution in [1.29, 1.82) is 0 Å². The van der Waals surface area contributed by atoms with Crippen molar-refractivity contribution in [1.82, 2.24) is 4.72 Å². The van der Waals surface area contributed by atoms with Gasteiger partial charge in [-0.05, 0) is 17.7 Å². The van der Waals surface area contributed by atoms with E-state index in [0.29, 0.717) is 26.4 Å². The van der Waals surface area contributed by atoms with E-state index in [9.17, 15) is 8.42 Å². The minimum Gasteiger partial charge on any atom is -0.376 e. The van der Waals surface area contributed by atoms with Crippen LogP contribution in [0.1, 0.15) is 5.56 Å². The van der Waals surface area contributed by atoms with Gasteiger partial charge >= 0.3 is 0 Å². The Bertz CT molecular complexity index is 495. The number of ether oxygens (including phenoxy) is 2. The van der Waals surface area contributed by atoms with Gasteiger partial charge in [0.25, 0.3) is 0 Å². The van der Waals surface area contributed by atoms with E-state index < -0.39 is 10.0 Å². The number of nitrogens with two attached hydrogens (primary N) is 1. The highest BCUT2D eigenvalue weighted by Crippen LogP contribution is 2.10. The summed E-state index contributed by atoms with van der Waals surface area (Å²) in [5, 5.41) is 0. The van der Waals surface area contributed by atoms with Gasteiger partial charge in [0.05, 0.1) is 30.8 Å². The average molecular weight is 286 g/mol. The van der Waals surface area contributed by atoms with E-state index in [4.69, 9.17) is 15.2 Å². The van der Waals surface area contributed by atoms with E-state index in [-0.39, 0.29) is 17.5 Å². The Labute approximate surface area is 112 Å². The molecule has 1 aromatic rings. The van der Waals surface area contributed by atoms with E-state index in [2.05, 4.69) is 4.72 Å². The molecule has 1 aliphatic rings. The molecule has 0 saturated carbocycles. The second-order valence-electron chi connectivity index (χ2n) is 4.27. The molecule has 1 aromatic carbocycles. The summed E-state index contributed by atoms with van der Waals surface area (Å²) in [6.45, 7) is 2.07. The standard InChI is InChI=1S/C12H18N2O4S/c13-7-10-1-3-12(4-2-10)19(15,16)14-8-11-9-17-5-6-18-11/h1-4,11,14H,5-9,13H2. The maximum absolute atomic E-state index is 12.0. The van der Waals surface area contributed by atoms with Crippen LogP contribution in [0, 0.1) is 0 Å². The first-order valence-corrected chi connectivity index (χ1v) is 7.58. The molecule has 1 fully saturated rings. The molecule has 0 aliphatic carbocycles. The first kappa shape index (κ1) is 14.4. The fourth-order valence-corrected chi connectivity index (χ4v) is 2.81. The van der Waals surface area contributed by atoms with Crippen LogP contribution < -0.4 is 10.5 Å². The van der Waals surface area contributed by atoms with Crippen LogP contribution >= 0.6 is 0 Å². The molecule has 2 rings (SSSR count). The SMILES string of the molecule is NCc1ccc(S(=O)(=O)NCC2COCCO2)cc1. The van der Waals surface area contributed by atoms with Gasteiger partial charge < -0.3 is 15.2 Å². The molecule has 6 nitrogen and oxygen atoms in total. The first-order chi connectivity index (χ1) is 9.12. The van der Waals surface area contributed by atoms with Crippen molar-refractivity contribution in [2.45, 2.75) is 17.5 Å². The smallest absolute Gasteiger partial charge is 0.240 e. The minimum absolute atomic E-state index is 0.209. The molecular formula is C12H18N2O4S. The molecule has 19 heavy (non-hydrogen) atoms. The Morgan fingerprint density at radius 2 is 2.00 bits per heavy atom. The third-order valence-electron chi connectivity index (χ3n) is 2.86. The number of hydrogen-bond acceptors (Lipinski definition) is 5. The van der Waals surface area contributed by atoms with E-state index >= 15 is 0 Å². The van der Waals surface area contributed by atoms with Gasteiger partial charge in [-0.15, -0.1) is 0 Å². The van der Waals surface area contributed by atoms with Crippen LogP contribution in [-0.2, 0) is 26.0 Å². The second-order valence-corrected chi connectivity index (χ2v) is 6.03. The van der Waals surface area contributed by atoms with Gasteiger partial charge in [0, 0.05) is 13.1 Å². The zero-order valence-electron chi connectivity index (χ0n) is 10.5. The number of benzene rings is 1. The lowest BCUT2D eigenvalue weighted by molar-refractivity contribution is -0.0846. The summed E-state index contributed by atoms with van der Waals surface area (Å²) in [4.78, 5) is 0.224. The zero-order chi connectivity index (χ0) is 13.7. The van der Waals surface area contributed by atoms with Crippen LogP contribution in [0.25, 0.3) is 0 Å². The maximum Gasteiger partial charge on any atom is 0.240 e. The van der Waals surface area contributed by atoms with Gasteiger partial charge in [-0.3, -0.25) is 0 Å². The molecule has 1 aliphatic heterocycles. The summed E-state index contributed by atoms with van der Waals surface area (Å²) in [7, 11) is -3.51. The largest absolute Gasteiger partial charge is 0.376 e. The van der Waals surface area contributed by atoms with Gasteiger partial charge in [0.1, 0.15) is 0 Å². The monoisotopic (exact) mass is 286 g/mol. The van der Waals surface area contributed by atoms with Crippen LogP contribution in [0.2, 0.25) is 0 Å². The molecule has 0 amide bonds. The van der Waals surface area contributed by atoms with E-state index in [0.717, 1.165) is 5.56 Å². The van der Waals surface area contributed by atoms with Crippen LogP contribution in [0.15, 0.2) is 29.2 Å². The lowest BCUT2D eigenvalue weighted by atomic mass is 10.2. The fourth-order valence-electron chi connectivity index (χ4n) is 1.75. The highest BCUT2D eigenvalue weighted by Gasteiger charge is 2.19. The number of hydrogen-bond donors (Lipinski definition) is 2. The van der Waals surface area contributed by atoms with Gasteiger partial charge in [-0.2, -0.15) is 0 Å². The molecule has 0 radical (unpaired) electrons. The molecule has 3 N–H and O–H groups in total. The highest BCUT2D eigenvalue weighted by atomic mass is 32.2. The van der Waals surface area contributed by atoms with Crippen LogP contribution in [0.3, 0.4) is 0 Å². The van der Waals surface area contributed by atoms with Crippen molar-refractivity contribution < 1.29 is 17.9 Å². The average Bonchev–Trinajstić information content (AvgIpc) is 2.46. The Morgan fingerprint density at radius 3 is 2.58 bits per heavy atom. The molecular weight excluding hydrogens is 268 g/mol. The zero-order valence-corrected chi connectivity index (χ0v) is 11.4. The van der Waals surface area contributed by atoms with Crippen molar-refractivity contribution >= 4 is 10.0 Å². The predicted molar refractivity (Wildman–Crippen MR) is 70.1 cm³/mol. The summed E-state index contributed by atoms with van der Waals surface area (Å²) >= 11 is 0. The Morgan fingerprint density at radius 1 is 1.26 bits per heavy atom. The normalized spacial score (nSPS) is 20.4. The molecule has 0 aromatic heterocycles. The predicted octanol–water partition coefficient (Wildman–Crippen LogP) is -0.161. The van der Waals surface area contributed by atoms with E-state index in [1.165, 1.54) is 0 Å². The molecule has 0 bridgehead atoms. The fraction of sp³-hybridized carbons (Fsp3) is 0.500. The van der Waals surface area contributed by atoms with Crippen molar-refractivity contribution in [2.24, 2.45) is 5.73 Å². The molecule has 1 atom stereocenters. The highest BCUT2D eigenvalue weighted by molar-refractivity contribution is 7.89. The summed E-state index contributed by atoms with van der Waals surface area (Å²) in [6, 6.07) is 6.50. The van der Waals surface area contributed by atoms with Crippen molar-refractivity contribution in [3.8, 4) is 0 Å². The molecule has 1 heterocycles. The number of nitrogens with one attached hydrogen (secondary N) is 1. The van der Waals surface area contributed by atoms with Gasteiger partial charge in [0.2, 0.25) is 10.0 Å². The van der Waals surface area contributed by atoms with Crippen molar-refractivity contribution in [3.63, 3.8) is 0 Å². The lowest BCUT2D eigenvalue weighted by Crippen LogP contribution is -2.39. The molecule has 1 unspecified atom stereocenters. The molecule has 7 heteroatoms. The van der Waals surface area contributed by atoms with Crippen LogP contribution in [0.5, 0.6) is 0 Å². The van der Waals surface area contributed by atoms with Crippen LogP contribution in [-0.4, -0.2) is 40.9 Å². The lowest BCUT2D eigenvalue weighted by Gasteiger charge is -2.23. The van der Waals surface area contributed by atoms with Gasteiger partial charge in [0.15, 0.2) is 0 Å². The third-order valence-corrected chi connectivity index (χ3v) is 4.29. The third kappa shape index (κ3) is 3.99. The Kier molecular flexibility index (Phi) is 4.89. The number of sulfonamides is 1. The Hall–Kier alpha value is -0.990. The molecule has 0 spiro atoms. The number of rotatable bonds is 5. The van der Waals surface area contributed by atoms with Crippen molar-refractivity contribution in [2.75, 3.05) is 26.4 Å². The summed E-state index contributed by atoms with van der Waals surface area (Å²) < 4.78 is 37.2. The minimum atomic E-state index is -3.51. The Balaban J connectivity index is 1.96. The molecule has 1 saturated heterocycles. The summed E-state index contributed by atoms with van der Waals surface area (Å²) in [5.41, 5.74) is 6.36. The van der Waals surface area contributed by atoms with E-state index in [1.54, 1.807) is 24.3 Å².